The van der Waals surface area contributed by atoms with Crippen LogP contribution in [0, 0.1) is 17.8 Å². The number of fused-ring (bicyclic) bond motifs is 5. The van der Waals surface area contributed by atoms with E-state index in [9.17, 15) is 22.8 Å². The number of pyridine rings is 1. The number of carbonyl (C=O) groups is 4. The van der Waals surface area contributed by atoms with Crippen molar-refractivity contribution in [1.82, 2.24) is 35.0 Å². The fraction of sp³-hybridized carbons (Fsp3) is 0.688. The highest BCUT2D eigenvalue weighted by Gasteiger charge is 2.54. The van der Waals surface area contributed by atoms with Crippen molar-refractivity contribution < 1.29 is 37.1 Å². The highest BCUT2D eigenvalue weighted by atomic mass is 32.2. The second kappa shape index (κ2) is 18.9. The molecule has 3 aliphatic heterocycles. The molecule has 7 unspecified atom stereocenters. The van der Waals surface area contributed by atoms with Crippen molar-refractivity contribution in [2.75, 3.05) is 39.8 Å². The normalized spacial score (nSPS) is 28.7. The summed E-state index contributed by atoms with van der Waals surface area (Å²) in [6, 6.07) is 6.08. The van der Waals surface area contributed by atoms with Crippen LogP contribution in [0.2, 0.25) is 0 Å². The molecule has 2 aromatic rings. The zero-order valence-corrected chi connectivity index (χ0v) is 39.1. The Morgan fingerprint density at radius 3 is 2.39 bits per heavy atom. The molecule has 3 N–H and O–H groups in total. The number of hydrogen-bond donors (Lipinski definition) is 3. The van der Waals surface area contributed by atoms with Crippen LogP contribution < -0.4 is 20.1 Å². The van der Waals surface area contributed by atoms with Crippen LogP contribution in [0.5, 0.6) is 5.88 Å². The van der Waals surface area contributed by atoms with Gasteiger partial charge in [-0.25, -0.2) is 18.2 Å². The third kappa shape index (κ3) is 9.93. The smallest absolute Gasteiger partial charge is 0.408 e. The van der Waals surface area contributed by atoms with Crippen LogP contribution in [0.3, 0.4) is 0 Å². The van der Waals surface area contributed by atoms with Gasteiger partial charge in [0, 0.05) is 56.0 Å². The Bertz CT molecular complexity index is 2200. The Morgan fingerprint density at radius 1 is 1.00 bits per heavy atom. The van der Waals surface area contributed by atoms with Gasteiger partial charge in [0.1, 0.15) is 29.8 Å². The molecule has 0 spiro atoms. The summed E-state index contributed by atoms with van der Waals surface area (Å²) >= 11 is 0. The molecule has 4 amide bonds. The van der Waals surface area contributed by atoms with Gasteiger partial charge in [-0.1, -0.05) is 63.3 Å². The molecule has 3 aliphatic carbocycles. The van der Waals surface area contributed by atoms with E-state index >= 15 is 4.79 Å². The average Bonchev–Trinajstić information content (AvgIpc) is 4.18. The number of benzene rings is 1. The zero-order valence-electron chi connectivity index (χ0n) is 38.2. The number of piperazine rings is 1. The lowest BCUT2D eigenvalue weighted by atomic mass is 9.83. The van der Waals surface area contributed by atoms with E-state index in [2.05, 4.69) is 44.8 Å². The number of rotatable bonds is 10. The van der Waals surface area contributed by atoms with Gasteiger partial charge in [0.15, 0.2) is 0 Å². The van der Waals surface area contributed by atoms with Crippen molar-refractivity contribution in [3.63, 3.8) is 0 Å². The van der Waals surface area contributed by atoms with Crippen molar-refractivity contribution in [2.45, 2.75) is 152 Å². The van der Waals surface area contributed by atoms with Gasteiger partial charge in [0.05, 0.1) is 16.8 Å². The summed E-state index contributed by atoms with van der Waals surface area (Å²) in [6.07, 6.45) is 10.6. The number of likely N-dealkylation sites (N-methyl/N-ethyl adjacent to an activating group) is 1. The van der Waals surface area contributed by atoms with E-state index in [1.54, 1.807) is 13.8 Å². The summed E-state index contributed by atoms with van der Waals surface area (Å²) in [6.45, 7) is 13.2. The summed E-state index contributed by atoms with van der Waals surface area (Å²) in [5.41, 5.74) is 1.28. The van der Waals surface area contributed by atoms with Crippen LogP contribution in [0.15, 0.2) is 36.9 Å². The average molecular weight is 904 g/mol. The van der Waals surface area contributed by atoms with Crippen molar-refractivity contribution in [1.29, 1.82) is 0 Å². The molecule has 0 radical (unpaired) electrons. The number of nitrogens with zero attached hydrogens (tertiary/aromatic N) is 4. The lowest BCUT2D eigenvalue weighted by molar-refractivity contribution is -0.143. The molecular formula is C48H69N7O8S. The van der Waals surface area contributed by atoms with Gasteiger partial charge >= 0.3 is 6.09 Å². The van der Waals surface area contributed by atoms with Crippen LogP contribution >= 0.6 is 0 Å². The number of amides is 4. The number of ether oxygens (including phenoxy) is 2. The molecule has 6 aliphatic rings. The van der Waals surface area contributed by atoms with Crippen molar-refractivity contribution in [2.24, 2.45) is 17.8 Å². The minimum atomic E-state index is -4.05. The Hall–Kier alpha value is -4.28. The minimum Gasteiger partial charge on any atom is -0.472 e. The second-order valence-electron chi connectivity index (χ2n) is 20.1. The molecule has 2 bridgehead atoms. The molecule has 16 heteroatoms. The van der Waals surface area contributed by atoms with E-state index in [1.165, 1.54) is 23.5 Å². The van der Waals surface area contributed by atoms with E-state index in [4.69, 9.17) is 14.5 Å². The molecule has 64 heavy (non-hydrogen) atoms. The molecule has 7 atom stereocenters. The Kier molecular flexibility index (Phi) is 13.7. The summed E-state index contributed by atoms with van der Waals surface area (Å²) in [4.78, 5) is 69.3. The maximum atomic E-state index is 15.2. The molecule has 15 nitrogen and oxygen atoms in total. The van der Waals surface area contributed by atoms with E-state index in [1.807, 2.05) is 18.2 Å². The highest BCUT2D eigenvalue weighted by Crippen LogP contribution is 2.43. The molecule has 3 saturated carbocycles. The number of para-hydroxylation sites is 1. The number of nitrogens with one attached hydrogen (secondary N) is 3. The lowest BCUT2D eigenvalue weighted by Crippen LogP contribution is -2.64. The standard InChI is InChI=1S/C48H69N7O8S/c1-6-31(2)48(4,45(58)52-64(60,61)47(3)21-22-47)51-42(56)39-28-34-29-55(39)44(57)41(32-15-9-7-10-16-32)50-46(59)63-40-27-33(40)17-11-8-12-19-36-37(30-54-25-23-53(5)24-26-54)35-18-13-14-20-38(35)49-43(36)62-34/h6,13-14,18,20,31-34,39-41H,1,7-12,15-17,19,21-30H2,2-5H3,(H,50,59)(H,51,56)(H,52,58). The molecule has 1 aromatic carbocycles. The third-order valence-corrected chi connectivity index (χ3v) is 17.6. The first-order valence-electron chi connectivity index (χ1n) is 23.9. The van der Waals surface area contributed by atoms with E-state index in [0.717, 1.165) is 120 Å². The van der Waals surface area contributed by atoms with E-state index in [0.29, 0.717) is 18.7 Å². The number of aromatic nitrogens is 1. The van der Waals surface area contributed by atoms with Crippen molar-refractivity contribution in [3.05, 3.63) is 48.0 Å². The van der Waals surface area contributed by atoms with Gasteiger partial charge in [-0.3, -0.25) is 24.0 Å². The molecule has 2 saturated heterocycles. The number of alkyl carbamates (subject to hydrolysis) is 1. The SMILES string of the molecule is C=CC(C)C(C)(NC(=O)C1CC2CN1C(=O)C(C1CCCCC1)NC(=O)OC1CC1CCCCCc1c(nc3ccccc3c1CN1CCN(C)CC1)O2)C(=O)NS(=O)(=O)C1(C)CC1. The first-order chi connectivity index (χ1) is 30.6. The van der Waals surface area contributed by atoms with Crippen molar-refractivity contribution >= 4 is 44.7 Å². The van der Waals surface area contributed by atoms with Gasteiger partial charge < -0.3 is 29.9 Å². The quantitative estimate of drug-likeness (QED) is 0.267. The van der Waals surface area contributed by atoms with Crippen molar-refractivity contribution in [3.8, 4) is 5.88 Å². The van der Waals surface area contributed by atoms with Crippen LogP contribution in [0.1, 0.15) is 115 Å². The summed E-state index contributed by atoms with van der Waals surface area (Å²) in [7, 11) is -1.90. The molecule has 1 aromatic heterocycles. The third-order valence-electron chi connectivity index (χ3n) is 15.4. The Balaban J connectivity index is 1.16. The van der Waals surface area contributed by atoms with Crippen LogP contribution in [0.25, 0.3) is 10.9 Å². The summed E-state index contributed by atoms with van der Waals surface area (Å²) in [5, 5.41) is 6.96. The lowest BCUT2D eigenvalue weighted by Gasteiger charge is -2.37. The highest BCUT2D eigenvalue weighted by molar-refractivity contribution is 7.91. The Labute approximate surface area is 378 Å². The summed E-state index contributed by atoms with van der Waals surface area (Å²) < 4.78 is 40.8. The fourth-order valence-corrected chi connectivity index (χ4v) is 11.6. The molecule has 4 heterocycles. The number of hydrogen-bond acceptors (Lipinski definition) is 11. The Morgan fingerprint density at radius 2 is 1.69 bits per heavy atom. The first kappa shape index (κ1) is 46.3. The van der Waals surface area contributed by atoms with Gasteiger partial charge in [0.2, 0.25) is 27.7 Å². The fourth-order valence-electron chi connectivity index (χ4n) is 10.2. The van der Waals surface area contributed by atoms with Crippen LogP contribution in [-0.4, -0.2) is 126 Å². The second-order valence-corrected chi connectivity index (χ2v) is 22.3. The maximum Gasteiger partial charge on any atom is 0.408 e. The molecule has 5 fully saturated rings. The van der Waals surface area contributed by atoms with E-state index < -0.39 is 68.2 Å². The summed E-state index contributed by atoms with van der Waals surface area (Å²) in [5.74, 6) is -2.05. The number of sulfonamides is 1. The monoisotopic (exact) mass is 903 g/mol. The van der Waals surface area contributed by atoms with Gasteiger partial charge in [-0.2, -0.15) is 0 Å². The predicted molar refractivity (Wildman–Crippen MR) is 244 cm³/mol. The number of carbonyl (C=O) groups excluding carboxylic acids is 4. The van der Waals surface area contributed by atoms with Crippen LogP contribution in [0.4, 0.5) is 4.79 Å². The molecule has 350 valence electrons. The van der Waals surface area contributed by atoms with Gasteiger partial charge in [-0.05, 0) is 95.7 Å². The minimum absolute atomic E-state index is 0.0238. The van der Waals surface area contributed by atoms with Gasteiger partial charge in [0.25, 0.3) is 5.91 Å². The van der Waals surface area contributed by atoms with Gasteiger partial charge in [-0.15, -0.1) is 6.58 Å². The first-order valence-corrected chi connectivity index (χ1v) is 25.3. The molecular weight excluding hydrogens is 835 g/mol. The van der Waals surface area contributed by atoms with E-state index in [-0.39, 0.29) is 30.9 Å². The molecule has 8 rings (SSSR count). The maximum absolute atomic E-state index is 15.2. The topological polar surface area (TPSA) is 180 Å². The predicted octanol–water partition coefficient (Wildman–Crippen LogP) is 5.21. The van der Waals surface area contributed by atoms with Crippen LogP contribution in [-0.2, 0) is 42.1 Å². The largest absolute Gasteiger partial charge is 0.472 e. The zero-order chi connectivity index (χ0) is 45.4.